The molecule has 0 spiro atoms. The van der Waals surface area contributed by atoms with Gasteiger partial charge in [0.1, 0.15) is 12.7 Å². The van der Waals surface area contributed by atoms with Gasteiger partial charge in [-0.1, -0.05) is 53.5 Å². The molecule has 112 valence electrons. The topological polar surface area (TPSA) is 50.9 Å². The van der Waals surface area contributed by atoms with Crippen LogP contribution >= 0.6 is 23.2 Å². The fraction of sp³-hybridized carbons (Fsp3) is 0.125. The van der Waals surface area contributed by atoms with Crippen molar-refractivity contribution in [3.05, 3.63) is 70.7 Å². The highest BCUT2D eigenvalue weighted by Crippen LogP contribution is 2.35. The van der Waals surface area contributed by atoms with Gasteiger partial charge >= 0.3 is 0 Å². The lowest BCUT2D eigenvalue weighted by Crippen LogP contribution is -2.10. The lowest BCUT2D eigenvalue weighted by atomic mass is 9.96. The molecule has 0 fully saturated rings. The van der Waals surface area contributed by atoms with Crippen LogP contribution in [0.25, 0.3) is 11.1 Å². The summed E-state index contributed by atoms with van der Waals surface area (Å²) in [4.78, 5) is 3.88. The van der Waals surface area contributed by atoms with Gasteiger partial charge in [0.2, 0.25) is 0 Å². The first-order valence-corrected chi connectivity index (χ1v) is 7.45. The fourth-order valence-corrected chi connectivity index (χ4v) is 2.85. The van der Waals surface area contributed by atoms with Gasteiger partial charge in [0, 0.05) is 15.6 Å². The minimum absolute atomic E-state index is 0.322. The Morgan fingerprint density at radius 3 is 2.64 bits per heavy atom. The second kappa shape index (κ2) is 6.48. The van der Waals surface area contributed by atoms with Crippen LogP contribution in [0.1, 0.15) is 11.7 Å². The third-order valence-electron chi connectivity index (χ3n) is 3.37. The first kappa shape index (κ1) is 15.0. The average Bonchev–Trinajstić information content (AvgIpc) is 3.00. The standard InChI is InChI=1S/C16H13Cl2N3O/c17-11-5-6-13(15(18)7-11)12-3-1-2-4-14(12)16(22)8-21-10-19-9-20-21/h1-7,9-10,16,22H,8H2. The van der Waals surface area contributed by atoms with Crippen molar-refractivity contribution in [1.29, 1.82) is 0 Å². The molecule has 1 N–H and O–H groups in total. The SMILES string of the molecule is OC(Cn1cncn1)c1ccccc1-c1ccc(Cl)cc1Cl. The van der Waals surface area contributed by atoms with E-state index in [1.165, 1.54) is 6.33 Å². The third-order valence-corrected chi connectivity index (χ3v) is 3.92. The molecule has 3 aromatic rings. The summed E-state index contributed by atoms with van der Waals surface area (Å²) >= 11 is 12.2. The quantitative estimate of drug-likeness (QED) is 0.785. The van der Waals surface area contributed by atoms with Crippen molar-refractivity contribution in [2.24, 2.45) is 0 Å². The van der Waals surface area contributed by atoms with Crippen molar-refractivity contribution < 1.29 is 5.11 Å². The van der Waals surface area contributed by atoms with Crippen LogP contribution in [-0.4, -0.2) is 19.9 Å². The molecule has 1 atom stereocenters. The van der Waals surface area contributed by atoms with E-state index in [9.17, 15) is 5.11 Å². The van der Waals surface area contributed by atoms with E-state index in [-0.39, 0.29) is 0 Å². The number of hydrogen-bond donors (Lipinski definition) is 1. The molecule has 0 radical (unpaired) electrons. The van der Waals surface area contributed by atoms with Crippen LogP contribution in [0.3, 0.4) is 0 Å². The largest absolute Gasteiger partial charge is 0.386 e. The van der Waals surface area contributed by atoms with Gasteiger partial charge in [-0.15, -0.1) is 0 Å². The number of nitrogens with zero attached hydrogens (tertiary/aromatic N) is 3. The second-order valence-electron chi connectivity index (χ2n) is 4.84. The molecule has 22 heavy (non-hydrogen) atoms. The van der Waals surface area contributed by atoms with Crippen molar-refractivity contribution in [2.75, 3.05) is 0 Å². The maximum Gasteiger partial charge on any atom is 0.137 e. The number of hydrogen-bond acceptors (Lipinski definition) is 3. The highest BCUT2D eigenvalue weighted by Gasteiger charge is 2.16. The average molecular weight is 334 g/mol. The lowest BCUT2D eigenvalue weighted by molar-refractivity contribution is 0.152. The van der Waals surface area contributed by atoms with Crippen LogP contribution in [0, 0.1) is 0 Å². The minimum atomic E-state index is -0.718. The molecule has 0 bridgehead atoms. The summed E-state index contributed by atoms with van der Waals surface area (Å²) in [6, 6.07) is 12.9. The zero-order chi connectivity index (χ0) is 15.5. The highest BCUT2D eigenvalue weighted by molar-refractivity contribution is 6.36. The molecule has 0 saturated carbocycles. The smallest absolute Gasteiger partial charge is 0.137 e. The number of aliphatic hydroxyl groups excluding tert-OH is 1. The van der Waals surface area contributed by atoms with Gasteiger partial charge in [-0.3, -0.25) is 4.68 Å². The van der Waals surface area contributed by atoms with E-state index >= 15 is 0 Å². The molecule has 1 unspecified atom stereocenters. The van der Waals surface area contributed by atoms with Crippen molar-refractivity contribution in [3.63, 3.8) is 0 Å². The minimum Gasteiger partial charge on any atom is -0.386 e. The third kappa shape index (κ3) is 3.14. The van der Waals surface area contributed by atoms with E-state index in [1.807, 2.05) is 30.3 Å². The molecule has 4 nitrogen and oxygen atoms in total. The van der Waals surface area contributed by atoms with E-state index in [2.05, 4.69) is 10.1 Å². The maximum absolute atomic E-state index is 10.5. The molecule has 2 aromatic carbocycles. The Labute approximate surface area is 138 Å². The predicted molar refractivity (Wildman–Crippen MR) is 86.9 cm³/mol. The van der Waals surface area contributed by atoms with Crippen LogP contribution < -0.4 is 0 Å². The van der Waals surface area contributed by atoms with E-state index in [0.717, 1.165) is 16.7 Å². The van der Waals surface area contributed by atoms with Crippen molar-refractivity contribution in [1.82, 2.24) is 14.8 Å². The Morgan fingerprint density at radius 1 is 1.09 bits per heavy atom. The summed E-state index contributed by atoms with van der Waals surface area (Å²) in [6.07, 6.45) is 2.29. The monoisotopic (exact) mass is 333 g/mol. The molecular weight excluding hydrogens is 321 g/mol. The van der Waals surface area contributed by atoms with Gasteiger partial charge in [0.15, 0.2) is 0 Å². The van der Waals surface area contributed by atoms with Crippen molar-refractivity contribution >= 4 is 23.2 Å². The normalized spacial score (nSPS) is 12.3. The number of aromatic nitrogens is 3. The summed E-state index contributed by atoms with van der Waals surface area (Å²) in [5.74, 6) is 0. The second-order valence-corrected chi connectivity index (χ2v) is 5.69. The van der Waals surface area contributed by atoms with Crippen molar-refractivity contribution in [2.45, 2.75) is 12.6 Å². The zero-order valence-corrected chi connectivity index (χ0v) is 13.0. The van der Waals surface area contributed by atoms with Gasteiger partial charge in [0.25, 0.3) is 0 Å². The van der Waals surface area contributed by atoms with Gasteiger partial charge in [-0.25, -0.2) is 4.98 Å². The molecule has 0 aliphatic carbocycles. The summed E-state index contributed by atoms with van der Waals surface area (Å²) in [6.45, 7) is 0.322. The van der Waals surface area contributed by atoms with Crippen LogP contribution in [-0.2, 0) is 6.54 Å². The van der Waals surface area contributed by atoms with Gasteiger partial charge in [-0.05, 0) is 23.3 Å². The number of aliphatic hydroxyl groups is 1. The summed E-state index contributed by atoms with van der Waals surface area (Å²) in [5, 5.41) is 15.7. The Balaban J connectivity index is 1.99. The van der Waals surface area contributed by atoms with E-state index < -0.39 is 6.10 Å². The maximum atomic E-state index is 10.5. The number of benzene rings is 2. The first-order valence-electron chi connectivity index (χ1n) is 6.70. The Kier molecular flexibility index (Phi) is 4.43. The molecule has 0 saturated heterocycles. The van der Waals surface area contributed by atoms with Crippen LogP contribution in [0.5, 0.6) is 0 Å². The van der Waals surface area contributed by atoms with Crippen LogP contribution in [0.2, 0.25) is 10.0 Å². The Morgan fingerprint density at radius 2 is 1.91 bits per heavy atom. The van der Waals surface area contributed by atoms with Gasteiger partial charge in [0.05, 0.1) is 12.6 Å². The number of rotatable bonds is 4. The molecule has 3 rings (SSSR count). The predicted octanol–water partition coefficient (Wildman–Crippen LogP) is 3.99. The lowest BCUT2D eigenvalue weighted by Gasteiger charge is -2.16. The van der Waals surface area contributed by atoms with Crippen LogP contribution in [0.4, 0.5) is 0 Å². The number of halogens is 2. The summed E-state index contributed by atoms with van der Waals surface area (Å²) in [7, 11) is 0. The molecule has 0 aliphatic heterocycles. The van der Waals surface area contributed by atoms with Crippen molar-refractivity contribution in [3.8, 4) is 11.1 Å². The molecule has 0 aliphatic rings. The van der Waals surface area contributed by atoms with Gasteiger partial charge < -0.3 is 5.11 Å². The Bertz CT molecular complexity index is 775. The van der Waals surface area contributed by atoms with E-state index in [0.29, 0.717) is 16.6 Å². The molecule has 6 heteroatoms. The van der Waals surface area contributed by atoms with E-state index in [1.54, 1.807) is 23.1 Å². The zero-order valence-electron chi connectivity index (χ0n) is 11.5. The van der Waals surface area contributed by atoms with Crippen LogP contribution in [0.15, 0.2) is 55.1 Å². The molecular formula is C16H13Cl2N3O. The highest BCUT2D eigenvalue weighted by atomic mass is 35.5. The van der Waals surface area contributed by atoms with Gasteiger partial charge in [-0.2, -0.15) is 5.10 Å². The molecule has 0 amide bonds. The fourth-order valence-electron chi connectivity index (χ4n) is 2.34. The Hall–Kier alpha value is -1.88. The summed E-state index contributed by atoms with van der Waals surface area (Å²) < 4.78 is 1.59. The van der Waals surface area contributed by atoms with E-state index in [4.69, 9.17) is 23.2 Å². The first-order chi connectivity index (χ1) is 10.6. The summed E-state index contributed by atoms with van der Waals surface area (Å²) in [5.41, 5.74) is 2.48. The molecule has 1 heterocycles. The molecule has 1 aromatic heterocycles.